The maximum absolute atomic E-state index is 12.4. The maximum Gasteiger partial charge on any atom is 0.222 e. The second-order valence-electron chi connectivity index (χ2n) is 10.4. The van der Waals surface area contributed by atoms with Crippen molar-refractivity contribution in [3.05, 3.63) is 89.5 Å². The molecular formula is C34H47N4O2+. The van der Waals surface area contributed by atoms with E-state index >= 15 is 0 Å². The minimum atomic E-state index is 0.152. The molecule has 0 spiro atoms. The Labute approximate surface area is 241 Å². The first kappa shape index (κ1) is 30.9. The van der Waals surface area contributed by atoms with E-state index in [9.17, 15) is 4.79 Å². The third kappa shape index (κ3) is 7.95. The van der Waals surface area contributed by atoms with E-state index in [0.29, 0.717) is 12.8 Å². The molecule has 2 aromatic carbocycles. The molecule has 6 nitrogen and oxygen atoms in total. The summed E-state index contributed by atoms with van der Waals surface area (Å²) in [6.07, 6.45) is 10.7. The number of aliphatic hydroxyl groups excluding tert-OH is 1. The van der Waals surface area contributed by atoms with Crippen molar-refractivity contribution in [3.63, 3.8) is 0 Å². The molecule has 1 aliphatic heterocycles. The largest absolute Gasteiger partial charge is 0.396 e. The Morgan fingerprint density at radius 2 is 1.38 bits per heavy atom. The van der Waals surface area contributed by atoms with E-state index in [4.69, 9.17) is 5.11 Å². The van der Waals surface area contributed by atoms with Gasteiger partial charge in [0.1, 0.15) is 14.1 Å². The van der Waals surface area contributed by atoms with Crippen molar-refractivity contribution in [3.8, 4) is 0 Å². The van der Waals surface area contributed by atoms with Gasteiger partial charge in [-0.05, 0) is 71.5 Å². The summed E-state index contributed by atoms with van der Waals surface area (Å²) in [5, 5.41) is 8.96. The minimum absolute atomic E-state index is 0.152. The highest BCUT2D eigenvalue weighted by molar-refractivity contribution is 6.04. The molecule has 0 radical (unpaired) electrons. The van der Waals surface area contributed by atoms with Crippen LogP contribution in [0.4, 0.5) is 11.4 Å². The molecule has 1 N–H and O–H groups in total. The van der Waals surface area contributed by atoms with E-state index in [-0.39, 0.29) is 12.5 Å². The van der Waals surface area contributed by atoms with E-state index in [1.807, 2.05) is 18.7 Å². The van der Waals surface area contributed by atoms with Crippen LogP contribution in [-0.4, -0.2) is 87.2 Å². The van der Waals surface area contributed by atoms with Crippen LogP contribution in [0, 0.1) is 0 Å². The molecule has 1 heterocycles. The molecule has 0 unspecified atom stereocenters. The van der Waals surface area contributed by atoms with Crippen LogP contribution in [0.25, 0.3) is 5.57 Å². The predicted molar refractivity (Wildman–Crippen MR) is 170 cm³/mol. The average molecular weight is 544 g/mol. The van der Waals surface area contributed by atoms with Gasteiger partial charge >= 0.3 is 0 Å². The van der Waals surface area contributed by atoms with E-state index < -0.39 is 0 Å². The molecule has 214 valence electrons. The smallest absolute Gasteiger partial charge is 0.222 e. The number of rotatable bonds is 8. The molecule has 2 aromatic rings. The van der Waals surface area contributed by atoms with Gasteiger partial charge in [-0.1, -0.05) is 38.1 Å². The number of amides is 1. The van der Waals surface area contributed by atoms with E-state index in [1.165, 1.54) is 39.4 Å². The number of hydrogen-bond acceptors (Lipinski definition) is 4. The van der Waals surface area contributed by atoms with Gasteiger partial charge in [-0.3, -0.25) is 4.79 Å². The van der Waals surface area contributed by atoms with Gasteiger partial charge in [-0.2, -0.15) is 0 Å². The summed E-state index contributed by atoms with van der Waals surface area (Å²) < 4.78 is 2.12. The Kier molecular flexibility index (Phi) is 11.8. The third-order valence-corrected chi connectivity index (χ3v) is 7.30. The van der Waals surface area contributed by atoms with E-state index in [2.05, 4.69) is 115 Å². The SMILES string of the molecule is CC.CN(C)c1ccc(C(=C2C=CC(=[N+](C)C)C=C2)c2ccc(N3CCN(C(=O)CCCCO)CC3)cc2)cc1. The van der Waals surface area contributed by atoms with Crippen molar-refractivity contribution >= 4 is 28.6 Å². The molecule has 40 heavy (non-hydrogen) atoms. The van der Waals surface area contributed by atoms with Crippen LogP contribution in [0.2, 0.25) is 0 Å². The van der Waals surface area contributed by atoms with Crippen LogP contribution in [-0.2, 0) is 4.79 Å². The number of hydrogen-bond donors (Lipinski definition) is 1. The number of piperazine rings is 1. The fourth-order valence-electron chi connectivity index (χ4n) is 4.95. The van der Waals surface area contributed by atoms with Crippen molar-refractivity contribution in [2.24, 2.45) is 0 Å². The number of carbonyl (C=O) groups excluding carboxylic acids is 1. The summed E-state index contributed by atoms with van der Waals surface area (Å²) in [5.41, 5.74) is 8.32. The average Bonchev–Trinajstić information content (AvgIpc) is 2.99. The van der Waals surface area contributed by atoms with Gasteiger partial charge in [0, 0.05) is 76.8 Å². The van der Waals surface area contributed by atoms with Crippen molar-refractivity contribution in [1.29, 1.82) is 0 Å². The second kappa shape index (κ2) is 15.2. The molecule has 1 amide bonds. The summed E-state index contributed by atoms with van der Waals surface area (Å²) in [4.78, 5) is 18.9. The lowest BCUT2D eigenvalue weighted by molar-refractivity contribution is -0.462. The zero-order valence-electron chi connectivity index (χ0n) is 25.2. The molecular weight excluding hydrogens is 496 g/mol. The molecule has 0 bridgehead atoms. The van der Waals surface area contributed by atoms with Crippen molar-refractivity contribution < 1.29 is 14.5 Å². The first-order chi connectivity index (χ1) is 19.4. The molecule has 6 heteroatoms. The molecule has 1 saturated heterocycles. The third-order valence-electron chi connectivity index (χ3n) is 7.30. The van der Waals surface area contributed by atoms with Crippen molar-refractivity contribution in [2.75, 3.05) is 70.8 Å². The minimum Gasteiger partial charge on any atom is -0.396 e. The zero-order chi connectivity index (χ0) is 29.1. The Morgan fingerprint density at radius 1 is 0.825 bits per heavy atom. The maximum atomic E-state index is 12.4. The van der Waals surface area contributed by atoms with Crippen molar-refractivity contribution in [1.82, 2.24) is 4.90 Å². The number of benzene rings is 2. The summed E-state index contributed by atoms with van der Waals surface area (Å²) in [6, 6.07) is 17.6. The van der Waals surface area contributed by atoms with Gasteiger partial charge in [0.15, 0.2) is 5.71 Å². The quantitative estimate of drug-likeness (QED) is 0.366. The highest BCUT2D eigenvalue weighted by Gasteiger charge is 2.21. The Bertz CT molecular complexity index is 1210. The van der Waals surface area contributed by atoms with Gasteiger partial charge in [0.05, 0.1) is 0 Å². The lowest BCUT2D eigenvalue weighted by Gasteiger charge is -2.36. The first-order valence-electron chi connectivity index (χ1n) is 14.5. The topological polar surface area (TPSA) is 50.0 Å². The van der Waals surface area contributed by atoms with Crippen LogP contribution in [0.1, 0.15) is 44.2 Å². The van der Waals surface area contributed by atoms with Crippen LogP contribution in [0.15, 0.2) is 78.4 Å². The van der Waals surface area contributed by atoms with Gasteiger partial charge < -0.3 is 19.8 Å². The van der Waals surface area contributed by atoms with Gasteiger partial charge in [-0.25, -0.2) is 4.58 Å². The molecule has 1 fully saturated rings. The first-order valence-corrected chi connectivity index (χ1v) is 14.5. The lowest BCUT2D eigenvalue weighted by atomic mass is 9.90. The van der Waals surface area contributed by atoms with E-state index in [0.717, 1.165) is 32.6 Å². The molecule has 0 saturated carbocycles. The number of carbonyl (C=O) groups is 1. The van der Waals surface area contributed by atoms with Crippen molar-refractivity contribution in [2.45, 2.75) is 33.1 Å². The molecule has 2 aliphatic rings. The van der Waals surface area contributed by atoms with Gasteiger partial charge in [0.25, 0.3) is 0 Å². The number of aliphatic hydroxyl groups is 1. The predicted octanol–water partition coefficient (Wildman–Crippen LogP) is 5.23. The number of allylic oxidation sites excluding steroid dienone is 5. The molecule has 4 rings (SSSR count). The molecule has 0 atom stereocenters. The highest BCUT2D eigenvalue weighted by Crippen LogP contribution is 2.32. The normalized spacial score (nSPS) is 14.6. The Balaban J connectivity index is 0.00000216. The lowest BCUT2D eigenvalue weighted by Crippen LogP contribution is -2.48. The fourth-order valence-corrected chi connectivity index (χ4v) is 4.95. The number of unbranched alkanes of at least 4 members (excludes halogenated alkanes) is 1. The van der Waals surface area contributed by atoms with Crippen LogP contribution >= 0.6 is 0 Å². The van der Waals surface area contributed by atoms with Crippen LogP contribution in [0.5, 0.6) is 0 Å². The summed E-state index contributed by atoms with van der Waals surface area (Å²) >= 11 is 0. The Morgan fingerprint density at radius 3 is 1.88 bits per heavy atom. The Hall–Kier alpha value is -3.64. The summed E-state index contributed by atoms with van der Waals surface area (Å²) in [5.74, 6) is 0.202. The van der Waals surface area contributed by atoms with Gasteiger partial charge in [-0.15, -0.1) is 0 Å². The van der Waals surface area contributed by atoms with Crippen LogP contribution < -0.4 is 9.80 Å². The van der Waals surface area contributed by atoms with E-state index in [1.54, 1.807) is 0 Å². The van der Waals surface area contributed by atoms with Crippen LogP contribution in [0.3, 0.4) is 0 Å². The standard InChI is InChI=1S/C32H41N4O2.C2H6/c1-33(2)28-14-8-25(9-15-28)32(26-10-16-29(17-11-26)34(3)4)27-12-18-30(19-13-27)35-20-22-36(23-21-35)31(38)7-5-6-24-37;1-2/h8-19,37H,5-7,20-24H2,1-4H3;1-2H3/q+1;. The van der Waals surface area contributed by atoms with Gasteiger partial charge in [0.2, 0.25) is 5.91 Å². The molecule has 1 aliphatic carbocycles. The number of anilines is 2. The summed E-state index contributed by atoms with van der Waals surface area (Å²) in [7, 11) is 8.24. The second-order valence-corrected chi connectivity index (χ2v) is 10.4. The highest BCUT2D eigenvalue weighted by atomic mass is 16.3. The fraction of sp³-hybridized carbons (Fsp3) is 0.412. The monoisotopic (exact) mass is 543 g/mol. The summed E-state index contributed by atoms with van der Waals surface area (Å²) in [6.45, 7) is 7.30. The molecule has 0 aromatic heterocycles. The number of nitrogens with zero attached hydrogens (tertiary/aromatic N) is 4. The zero-order valence-corrected chi connectivity index (χ0v) is 25.2.